The van der Waals surface area contributed by atoms with Crippen LogP contribution < -0.4 is 38.6 Å². The molecule has 0 spiro atoms. The molecule has 0 radical (unpaired) electrons. The van der Waals surface area contributed by atoms with E-state index in [4.69, 9.17) is 28.4 Å². The molecule has 45 heavy (non-hydrogen) atoms. The second-order valence-corrected chi connectivity index (χ2v) is 10.8. The Bertz CT molecular complexity index is 1910. The van der Waals surface area contributed by atoms with E-state index in [1.807, 2.05) is 48.5 Å². The number of nitrogens with zero attached hydrogens (tertiary/aromatic N) is 2. The fraction of sp³-hybridized carbons (Fsp3) is 0.265. The number of allylic oxidation sites excluding steroid dienone is 1. The van der Waals surface area contributed by atoms with E-state index < -0.39 is 12.0 Å². The smallest absolute Gasteiger partial charge is 0.338 e. The molecule has 10 nitrogen and oxygen atoms in total. The van der Waals surface area contributed by atoms with Crippen LogP contribution >= 0.6 is 11.3 Å². The molecular formula is C34H34N2O8S. The Balaban J connectivity index is 1.51. The fourth-order valence-corrected chi connectivity index (χ4v) is 6.08. The van der Waals surface area contributed by atoms with Gasteiger partial charge in [-0.25, -0.2) is 9.79 Å². The van der Waals surface area contributed by atoms with Gasteiger partial charge in [0.25, 0.3) is 5.56 Å². The van der Waals surface area contributed by atoms with Crippen LogP contribution in [0.1, 0.15) is 31.0 Å². The van der Waals surface area contributed by atoms with Crippen LogP contribution in [0.25, 0.3) is 6.08 Å². The fourth-order valence-electron chi connectivity index (χ4n) is 5.04. The lowest BCUT2D eigenvalue weighted by Crippen LogP contribution is -2.40. The number of carbonyl (C=O) groups excluding carboxylic acids is 1. The molecule has 234 valence electrons. The molecule has 1 aliphatic rings. The molecule has 1 atom stereocenters. The molecule has 0 amide bonds. The third kappa shape index (κ3) is 6.58. The Morgan fingerprint density at radius 3 is 2.18 bits per heavy atom. The van der Waals surface area contributed by atoms with Crippen molar-refractivity contribution >= 4 is 23.4 Å². The highest BCUT2D eigenvalue weighted by Crippen LogP contribution is 2.36. The second kappa shape index (κ2) is 14.2. The Morgan fingerprint density at radius 1 is 0.867 bits per heavy atom. The lowest BCUT2D eigenvalue weighted by atomic mass is 9.95. The Morgan fingerprint density at radius 2 is 1.49 bits per heavy atom. The van der Waals surface area contributed by atoms with Crippen LogP contribution in [-0.4, -0.2) is 51.7 Å². The van der Waals surface area contributed by atoms with Crippen molar-refractivity contribution in [2.75, 3.05) is 41.2 Å². The van der Waals surface area contributed by atoms with E-state index in [-0.39, 0.29) is 31.0 Å². The normalized spacial score (nSPS) is 14.3. The summed E-state index contributed by atoms with van der Waals surface area (Å²) in [5, 5.41) is 0. The molecule has 5 rings (SSSR count). The number of hydrogen-bond acceptors (Lipinski definition) is 10. The number of carbonyl (C=O) groups is 1. The maximum atomic E-state index is 14.1. The molecule has 0 unspecified atom stereocenters. The Kier molecular flexibility index (Phi) is 9.89. The average molecular weight is 631 g/mol. The van der Waals surface area contributed by atoms with Gasteiger partial charge < -0.3 is 28.4 Å². The predicted molar refractivity (Wildman–Crippen MR) is 170 cm³/mol. The molecule has 0 saturated carbocycles. The molecule has 1 aliphatic heterocycles. The van der Waals surface area contributed by atoms with Crippen molar-refractivity contribution < 1.29 is 33.2 Å². The van der Waals surface area contributed by atoms with Crippen LogP contribution in [0.4, 0.5) is 0 Å². The van der Waals surface area contributed by atoms with Gasteiger partial charge in [-0.2, -0.15) is 0 Å². The van der Waals surface area contributed by atoms with Crippen molar-refractivity contribution in [2.24, 2.45) is 4.99 Å². The van der Waals surface area contributed by atoms with Gasteiger partial charge in [0.05, 0.1) is 49.8 Å². The van der Waals surface area contributed by atoms with Gasteiger partial charge in [-0.3, -0.25) is 9.36 Å². The summed E-state index contributed by atoms with van der Waals surface area (Å²) in [5.41, 5.74) is 1.81. The topological polar surface area (TPSA) is 107 Å². The largest absolute Gasteiger partial charge is 0.493 e. The van der Waals surface area contributed by atoms with E-state index in [1.54, 1.807) is 52.3 Å². The first-order chi connectivity index (χ1) is 21.9. The molecule has 2 heterocycles. The highest BCUT2D eigenvalue weighted by Gasteiger charge is 2.34. The first-order valence-corrected chi connectivity index (χ1v) is 15.1. The lowest BCUT2D eigenvalue weighted by Gasteiger charge is -2.25. The average Bonchev–Trinajstić information content (AvgIpc) is 3.36. The predicted octanol–water partition coefficient (Wildman–Crippen LogP) is 4.28. The maximum absolute atomic E-state index is 14.1. The van der Waals surface area contributed by atoms with E-state index in [9.17, 15) is 9.59 Å². The van der Waals surface area contributed by atoms with Crippen LogP contribution in [0.15, 0.2) is 87.8 Å². The number of thiazole rings is 1. The molecule has 0 N–H and O–H groups in total. The Hall–Kier alpha value is -5.03. The molecule has 0 aliphatic carbocycles. The highest BCUT2D eigenvalue weighted by atomic mass is 32.1. The number of aromatic nitrogens is 1. The first-order valence-electron chi connectivity index (χ1n) is 14.3. The number of ether oxygens (including phenoxy) is 6. The number of rotatable bonds is 12. The number of methoxy groups -OCH3 is 3. The van der Waals surface area contributed by atoms with Crippen molar-refractivity contribution in [2.45, 2.75) is 19.9 Å². The molecule has 0 bridgehead atoms. The molecule has 1 aromatic heterocycles. The number of benzene rings is 3. The lowest BCUT2D eigenvalue weighted by molar-refractivity contribution is -0.139. The third-order valence-corrected chi connectivity index (χ3v) is 8.10. The van der Waals surface area contributed by atoms with Gasteiger partial charge in [0, 0.05) is 5.56 Å². The molecule has 4 aromatic rings. The summed E-state index contributed by atoms with van der Waals surface area (Å²) in [6.07, 6.45) is 1.77. The summed E-state index contributed by atoms with van der Waals surface area (Å²) < 4.78 is 35.5. The molecule has 3 aromatic carbocycles. The number of para-hydroxylation sites is 3. The van der Waals surface area contributed by atoms with Gasteiger partial charge in [-0.1, -0.05) is 47.7 Å². The van der Waals surface area contributed by atoms with Gasteiger partial charge in [-0.05, 0) is 55.8 Å². The van der Waals surface area contributed by atoms with Crippen LogP contribution in [-0.2, 0) is 9.53 Å². The summed E-state index contributed by atoms with van der Waals surface area (Å²) in [4.78, 5) is 32.4. The van der Waals surface area contributed by atoms with E-state index in [2.05, 4.69) is 4.99 Å². The summed E-state index contributed by atoms with van der Waals surface area (Å²) in [7, 11) is 4.67. The van der Waals surface area contributed by atoms with Crippen LogP contribution in [0.5, 0.6) is 28.7 Å². The van der Waals surface area contributed by atoms with Crippen LogP contribution in [0.3, 0.4) is 0 Å². The standard InChI is InChI=1S/C34H34N2O8S/c1-6-42-33(38)30-21(2)35-34-36(31(30)23-15-16-26(40-4)28(19-23)41-5)32(37)29(45-34)20-22-11-7-8-12-24(22)43-17-18-44-27-14-10-9-13-25(27)39-3/h7-16,19-20,31H,6,17-18H2,1-5H3/b29-20+/t31-/m1/s1. The van der Waals surface area contributed by atoms with E-state index in [1.165, 1.54) is 23.0 Å². The van der Waals surface area contributed by atoms with E-state index >= 15 is 0 Å². The minimum absolute atomic E-state index is 0.180. The van der Waals surface area contributed by atoms with Gasteiger partial charge in [0.2, 0.25) is 0 Å². The third-order valence-electron chi connectivity index (χ3n) is 7.11. The Labute approximate surface area is 264 Å². The summed E-state index contributed by atoms with van der Waals surface area (Å²) in [6, 6.07) is 19.4. The zero-order valence-electron chi connectivity index (χ0n) is 25.7. The summed E-state index contributed by atoms with van der Waals surface area (Å²) in [5.74, 6) is 2.31. The van der Waals surface area contributed by atoms with E-state index in [0.29, 0.717) is 54.9 Å². The van der Waals surface area contributed by atoms with Crippen LogP contribution in [0, 0.1) is 0 Å². The monoisotopic (exact) mass is 630 g/mol. The molecular weight excluding hydrogens is 596 g/mol. The van der Waals surface area contributed by atoms with Crippen LogP contribution in [0.2, 0.25) is 0 Å². The van der Waals surface area contributed by atoms with Crippen molar-refractivity contribution in [3.8, 4) is 28.7 Å². The van der Waals surface area contributed by atoms with Crippen molar-refractivity contribution in [1.29, 1.82) is 0 Å². The summed E-state index contributed by atoms with van der Waals surface area (Å²) in [6.45, 7) is 4.22. The zero-order valence-corrected chi connectivity index (χ0v) is 26.5. The zero-order chi connectivity index (χ0) is 31.9. The maximum Gasteiger partial charge on any atom is 0.338 e. The second-order valence-electron chi connectivity index (χ2n) is 9.80. The SMILES string of the molecule is CCOC(=O)C1=C(C)N=c2s/c(=C/c3ccccc3OCCOc3ccccc3OC)c(=O)n2[C@@H]1c1ccc(OC)c(OC)c1. The van der Waals surface area contributed by atoms with Gasteiger partial charge in [0.1, 0.15) is 19.0 Å². The molecule has 11 heteroatoms. The minimum atomic E-state index is -0.791. The number of esters is 1. The summed E-state index contributed by atoms with van der Waals surface area (Å²) >= 11 is 1.23. The minimum Gasteiger partial charge on any atom is -0.493 e. The van der Waals surface area contributed by atoms with E-state index in [0.717, 1.165) is 0 Å². The van der Waals surface area contributed by atoms with Crippen molar-refractivity contribution in [3.05, 3.63) is 109 Å². The van der Waals surface area contributed by atoms with Crippen molar-refractivity contribution in [3.63, 3.8) is 0 Å². The quantitative estimate of drug-likeness (QED) is 0.169. The molecule has 0 fully saturated rings. The number of fused-ring (bicyclic) bond motifs is 1. The van der Waals surface area contributed by atoms with Gasteiger partial charge >= 0.3 is 5.97 Å². The van der Waals surface area contributed by atoms with Gasteiger partial charge in [-0.15, -0.1) is 0 Å². The highest BCUT2D eigenvalue weighted by molar-refractivity contribution is 7.07. The number of hydrogen-bond donors (Lipinski definition) is 0. The van der Waals surface area contributed by atoms with Gasteiger partial charge in [0.15, 0.2) is 27.8 Å². The first kappa shape index (κ1) is 31.4. The van der Waals surface area contributed by atoms with Crippen molar-refractivity contribution in [1.82, 2.24) is 4.57 Å². The molecule has 0 saturated heterocycles.